The largest absolute Gasteiger partial charge is 0.333 e. The molecule has 96 valence electrons. The third-order valence-electron chi connectivity index (χ3n) is 3.22. The van der Waals surface area contributed by atoms with Crippen molar-refractivity contribution in [3.8, 4) is 0 Å². The molecular weight excluding hydrogens is 222 g/mol. The number of nitrogens with two attached hydrogens (primary N) is 1. The molecular formula is C15H21N3. The van der Waals surface area contributed by atoms with E-state index in [0.717, 1.165) is 17.8 Å². The van der Waals surface area contributed by atoms with Gasteiger partial charge in [-0.05, 0) is 12.0 Å². The van der Waals surface area contributed by atoms with E-state index in [0.29, 0.717) is 0 Å². The Morgan fingerprint density at radius 3 is 2.72 bits per heavy atom. The number of hydrogen-bond acceptors (Lipinski definition) is 2. The first-order chi connectivity index (χ1) is 8.83. The number of rotatable bonds is 6. The first-order valence-corrected chi connectivity index (χ1v) is 6.63. The zero-order valence-electron chi connectivity index (χ0n) is 10.9. The molecule has 0 fully saturated rings. The van der Waals surface area contributed by atoms with Crippen LogP contribution >= 0.6 is 0 Å². The maximum Gasteiger partial charge on any atom is 0.0948 e. The summed E-state index contributed by atoms with van der Waals surface area (Å²) < 4.78 is 2.17. The van der Waals surface area contributed by atoms with E-state index in [1.807, 2.05) is 30.7 Å². The van der Waals surface area contributed by atoms with Crippen molar-refractivity contribution in [3.05, 3.63) is 54.1 Å². The van der Waals surface area contributed by atoms with Gasteiger partial charge in [0.15, 0.2) is 0 Å². The maximum atomic E-state index is 6.30. The standard InChI is InChI=1S/C15H21N3/c1-2-3-7-10-18-12-17-11-14(18)15(16)13-8-5-4-6-9-13/h4-6,8-9,11-12,15H,2-3,7,10,16H2,1H3. The lowest BCUT2D eigenvalue weighted by Crippen LogP contribution is -2.16. The summed E-state index contributed by atoms with van der Waals surface area (Å²) in [5.41, 5.74) is 8.53. The molecule has 1 heterocycles. The summed E-state index contributed by atoms with van der Waals surface area (Å²) >= 11 is 0. The van der Waals surface area contributed by atoms with Gasteiger partial charge in [-0.15, -0.1) is 0 Å². The molecule has 2 rings (SSSR count). The molecule has 1 aromatic carbocycles. The van der Waals surface area contributed by atoms with Crippen LogP contribution < -0.4 is 5.73 Å². The fraction of sp³-hybridized carbons (Fsp3) is 0.400. The minimum Gasteiger partial charge on any atom is -0.333 e. The molecule has 0 radical (unpaired) electrons. The zero-order valence-corrected chi connectivity index (χ0v) is 10.9. The van der Waals surface area contributed by atoms with Gasteiger partial charge in [-0.2, -0.15) is 0 Å². The van der Waals surface area contributed by atoms with E-state index >= 15 is 0 Å². The molecule has 1 aromatic heterocycles. The smallest absolute Gasteiger partial charge is 0.0948 e. The van der Waals surface area contributed by atoms with Gasteiger partial charge >= 0.3 is 0 Å². The van der Waals surface area contributed by atoms with Crippen LogP contribution in [0.5, 0.6) is 0 Å². The fourth-order valence-electron chi connectivity index (χ4n) is 2.14. The zero-order chi connectivity index (χ0) is 12.8. The molecule has 3 nitrogen and oxygen atoms in total. The molecule has 1 unspecified atom stereocenters. The Bertz CT molecular complexity index is 462. The fourth-order valence-corrected chi connectivity index (χ4v) is 2.14. The number of hydrogen-bond donors (Lipinski definition) is 1. The van der Waals surface area contributed by atoms with E-state index in [-0.39, 0.29) is 6.04 Å². The molecule has 3 heteroatoms. The summed E-state index contributed by atoms with van der Waals surface area (Å²) in [5.74, 6) is 0. The van der Waals surface area contributed by atoms with Crippen molar-refractivity contribution < 1.29 is 0 Å². The minimum atomic E-state index is -0.0877. The van der Waals surface area contributed by atoms with Gasteiger partial charge in [-0.3, -0.25) is 0 Å². The van der Waals surface area contributed by atoms with Crippen molar-refractivity contribution in [2.24, 2.45) is 5.73 Å². The molecule has 0 bridgehead atoms. The SMILES string of the molecule is CCCCCn1cncc1C(N)c1ccccc1. The third kappa shape index (κ3) is 2.99. The Hall–Kier alpha value is -1.61. The highest BCUT2D eigenvalue weighted by atomic mass is 15.1. The summed E-state index contributed by atoms with van der Waals surface area (Å²) in [6.07, 6.45) is 7.42. The van der Waals surface area contributed by atoms with Gasteiger partial charge in [-0.25, -0.2) is 4.98 Å². The summed E-state index contributed by atoms with van der Waals surface area (Å²) in [5, 5.41) is 0. The molecule has 18 heavy (non-hydrogen) atoms. The van der Waals surface area contributed by atoms with Crippen LogP contribution in [0.4, 0.5) is 0 Å². The average molecular weight is 243 g/mol. The molecule has 0 aliphatic carbocycles. The van der Waals surface area contributed by atoms with Crippen molar-refractivity contribution in [3.63, 3.8) is 0 Å². The first-order valence-electron chi connectivity index (χ1n) is 6.63. The number of nitrogens with zero attached hydrogens (tertiary/aromatic N) is 2. The highest BCUT2D eigenvalue weighted by Crippen LogP contribution is 2.19. The Morgan fingerprint density at radius 1 is 1.22 bits per heavy atom. The van der Waals surface area contributed by atoms with Crippen molar-refractivity contribution in [2.45, 2.75) is 38.8 Å². The van der Waals surface area contributed by atoms with E-state index in [9.17, 15) is 0 Å². The summed E-state index contributed by atoms with van der Waals surface area (Å²) in [6.45, 7) is 3.22. The number of aryl methyl sites for hydroxylation is 1. The van der Waals surface area contributed by atoms with Crippen LogP contribution in [0, 0.1) is 0 Å². The maximum absolute atomic E-state index is 6.30. The molecule has 0 spiro atoms. The molecule has 2 N–H and O–H groups in total. The molecule has 0 amide bonds. The predicted octanol–water partition coefficient (Wildman–Crippen LogP) is 3.12. The van der Waals surface area contributed by atoms with Crippen molar-refractivity contribution >= 4 is 0 Å². The van der Waals surface area contributed by atoms with E-state index in [4.69, 9.17) is 5.73 Å². The van der Waals surface area contributed by atoms with Gasteiger partial charge in [-0.1, -0.05) is 50.1 Å². The highest BCUT2D eigenvalue weighted by molar-refractivity contribution is 5.26. The van der Waals surface area contributed by atoms with E-state index < -0.39 is 0 Å². The number of unbranched alkanes of at least 4 members (excludes halogenated alkanes) is 2. The van der Waals surface area contributed by atoms with E-state index in [2.05, 4.69) is 28.6 Å². The van der Waals surface area contributed by atoms with Gasteiger partial charge < -0.3 is 10.3 Å². The van der Waals surface area contributed by atoms with Gasteiger partial charge in [0.1, 0.15) is 0 Å². The highest BCUT2D eigenvalue weighted by Gasteiger charge is 2.12. The number of benzene rings is 1. The van der Waals surface area contributed by atoms with Crippen LogP contribution in [-0.4, -0.2) is 9.55 Å². The average Bonchev–Trinajstić information content (AvgIpc) is 2.88. The Balaban J connectivity index is 2.11. The van der Waals surface area contributed by atoms with Crippen LogP contribution in [0.2, 0.25) is 0 Å². The number of imidazole rings is 1. The second-order valence-electron chi connectivity index (χ2n) is 4.61. The second-order valence-corrected chi connectivity index (χ2v) is 4.61. The summed E-state index contributed by atoms with van der Waals surface area (Å²) in [4.78, 5) is 4.23. The van der Waals surface area contributed by atoms with E-state index in [1.165, 1.54) is 19.3 Å². The molecule has 2 aromatic rings. The van der Waals surface area contributed by atoms with Crippen LogP contribution in [0.3, 0.4) is 0 Å². The number of aromatic nitrogens is 2. The van der Waals surface area contributed by atoms with E-state index in [1.54, 1.807) is 0 Å². The van der Waals surface area contributed by atoms with Crippen molar-refractivity contribution in [1.82, 2.24) is 9.55 Å². The topological polar surface area (TPSA) is 43.8 Å². The predicted molar refractivity (Wildman–Crippen MR) is 74.2 cm³/mol. The molecule has 0 saturated carbocycles. The third-order valence-corrected chi connectivity index (χ3v) is 3.22. The Labute approximate surface area is 109 Å². The quantitative estimate of drug-likeness (QED) is 0.792. The first kappa shape index (κ1) is 12.8. The van der Waals surface area contributed by atoms with Gasteiger partial charge in [0, 0.05) is 6.54 Å². The van der Waals surface area contributed by atoms with Crippen LogP contribution in [0.15, 0.2) is 42.9 Å². The monoisotopic (exact) mass is 243 g/mol. The van der Waals surface area contributed by atoms with Crippen LogP contribution in [0.1, 0.15) is 43.5 Å². The van der Waals surface area contributed by atoms with Crippen molar-refractivity contribution in [2.75, 3.05) is 0 Å². The lowest BCUT2D eigenvalue weighted by Gasteiger charge is -2.15. The lowest BCUT2D eigenvalue weighted by molar-refractivity contribution is 0.573. The lowest BCUT2D eigenvalue weighted by atomic mass is 10.1. The van der Waals surface area contributed by atoms with Gasteiger partial charge in [0.25, 0.3) is 0 Å². The normalized spacial score (nSPS) is 12.6. The Morgan fingerprint density at radius 2 is 2.00 bits per heavy atom. The minimum absolute atomic E-state index is 0.0877. The molecule has 0 saturated heterocycles. The van der Waals surface area contributed by atoms with Gasteiger partial charge in [0.05, 0.1) is 24.3 Å². The molecule has 1 atom stereocenters. The summed E-state index contributed by atoms with van der Waals surface area (Å²) in [6, 6.07) is 10.1. The molecule has 0 aliphatic heterocycles. The summed E-state index contributed by atoms with van der Waals surface area (Å²) in [7, 11) is 0. The van der Waals surface area contributed by atoms with Crippen LogP contribution in [0.25, 0.3) is 0 Å². The van der Waals surface area contributed by atoms with Crippen molar-refractivity contribution in [1.29, 1.82) is 0 Å². The van der Waals surface area contributed by atoms with Gasteiger partial charge in [0.2, 0.25) is 0 Å². The second kappa shape index (κ2) is 6.36. The van der Waals surface area contributed by atoms with Crippen LogP contribution in [-0.2, 0) is 6.54 Å². The molecule has 0 aliphatic rings. The Kier molecular flexibility index (Phi) is 4.53.